The average Bonchev–Trinajstić information content (AvgIpc) is 2.98. The number of esters is 1. The maximum absolute atomic E-state index is 13.7. The average molecular weight is 394 g/mol. The molecule has 5 nitrogen and oxygen atoms in total. The van der Waals surface area contributed by atoms with Crippen LogP contribution in [0.25, 0.3) is 0 Å². The first-order chi connectivity index (χ1) is 13.9. The molecule has 1 unspecified atom stereocenters. The lowest BCUT2D eigenvalue weighted by Gasteiger charge is -2.14. The van der Waals surface area contributed by atoms with Gasteiger partial charge in [-0.25, -0.2) is 9.18 Å². The summed E-state index contributed by atoms with van der Waals surface area (Å²) < 4.78 is 21.0. The lowest BCUT2D eigenvalue weighted by atomic mass is 10.2. The van der Waals surface area contributed by atoms with E-state index < -0.39 is 23.8 Å². The third-order valence-corrected chi connectivity index (χ3v) is 4.76. The van der Waals surface area contributed by atoms with Gasteiger partial charge in [0.1, 0.15) is 5.82 Å². The van der Waals surface area contributed by atoms with Crippen molar-refractivity contribution in [3.05, 3.63) is 89.0 Å². The molecule has 0 fully saturated rings. The molecule has 0 saturated carbocycles. The molecule has 2 aromatic carbocycles. The van der Waals surface area contributed by atoms with E-state index in [0.717, 1.165) is 17.0 Å². The van der Waals surface area contributed by atoms with Gasteiger partial charge in [-0.2, -0.15) is 0 Å². The van der Waals surface area contributed by atoms with Gasteiger partial charge in [0, 0.05) is 17.9 Å². The van der Waals surface area contributed by atoms with Crippen molar-refractivity contribution in [2.45, 2.75) is 33.4 Å². The Morgan fingerprint density at radius 3 is 2.41 bits per heavy atom. The standard InChI is InChI=1S/C23H23FN2O3/c1-15-13-19(16(2)26(15)14-18-9-5-4-6-10-18)23(28)29-17(3)22(27)25-21-12-8-7-11-20(21)24/h4-13,17H,14H2,1-3H3,(H,25,27). The Morgan fingerprint density at radius 2 is 1.72 bits per heavy atom. The minimum Gasteiger partial charge on any atom is -0.449 e. The second kappa shape index (κ2) is 8.73. The van der Waals surface area contributed by atoms with Gasteiger partial charge in [-0.3, -0.25) is 4.79 Å². The third kappa shape index (κ3) is 4.71. The number of aryl methyl sites for hydroxylation is 1. The van der Waals surface area contributed by atoms with Crippen LogP contribution in [0.5, 0.6) is 0 Å². The van der Waals surface area contributed by atoms with Crippen LogP contribution in [0.15, 0.2) is 60.7 Å². The summed E-state index contributed by atoms with van der Waals surface area (Å²) >= 11 is 0. The van der Waals surface area contributed by atoms with Gasteiger partial charge in [-0.1, -0.05) is 42.5 Å². The highest BCUT2D eigenvalue weighted by Gasteiger charge is 2.23. The quantitative estimate of drug-likeness (QED) is 0.627. The fraction of sp³-hybridized carbons (Fsp3) is 0.217. The summed E-state index contributed by atoms with van der Waals surface area (Å²) in [6, 6.07) is 17.5. The van der Waals surface area contributed by atoms with Gasteiger partial charge in [0.05, 0.1) is 11.3 Å². The first-order valence-corrected chi connectivity index (χ1v) is 9.34. The number of nitrogens with zero attached hydrogens (tertiary/aromatic N) is 1. The number of carbonyl (C=O) groups excluding carboxylic acids is 2. The Hall–Kier alpha value is -3.41. The predicted octanol–water partition coefficient (Wildman–Crippen LogP) is 4.48. The second-order valence-electron chi connectivity index (χ2n) is 6.87. The lowest BCUT2D eigenvalue weighted by molar-refractivity contribution is -0.123. The van der Waals surface area contributed by atoms with E-state index in [1.165, 1.54) is 25.1 Å². The number of nitrogens with one attached hydrogen (secondary N) is 1. The minimum atomic E-state index is -1.07. The number of halogens is 1. The van der Waals surface area contributed by atoms with Crippen LogP contribution in [0.2, 0.25) is 0 Å². The van der Waals surface area contributed by atoms with E-state index in [2.05, 4.69) is 5.32 Å². The summed E-state index contributed by atoms with van der Waals surface area (Å²) in [5, 5.41) is 2.43. The molecule has 0 aliphatic rings. The number of rotatable bonds is 6. The second-order valence-corrected chi connectivity index (χ2v) is 6.87. The first-order valence-electron chi connectivity index (χ1n) is 9.34. The number of benzene rings is 2. The molecular formula is C23H23FN2O3. The van der Waals surface area contributed by atoms with E-state index >= 15 is 0 Å². The van der Waals surface area contributed by atoms with Crippen molar-refractivity contribution in [1.29, 1.82) is 0 Å². The number of carbonyl (C=O) groups is 2. The highest BCUT2D eigenvalue weighted by Crippen LogP contribution is 2.19. The van der Waals surface area contributed by atoms with Crippen molar-refractivity contribution in [2.24, 2.45) is 0 Å². The number of anilines is 1. The Balaban J connectivity index is 1.69. The van der Waals surface area contributed by atoms with E-state index in [0.29, 0.717) is 12.1 Å². The highest BCUT2D eigenvalue weighted by molar-refractivity contribution is 5.97. The van der Waals surface area contributed by atoms with Crippen molar-refractivity contribution in [3.8, 4) is 0 Å². The molecule has 1 aromatic heterocycles. The van der Waals surface area contributed by atoms with Crippen molar-refractivity contribution < 1.29 is 18.7 Å². The summed E-state index contributed by atoms with van der Waals surface area (Å²) in [4.78, 5) is 24.9. The van der Waals surface area contributed by atoms with Gasteiger partial charge in [0.2, 0.25) is 0 Å². The molecule has 1 N–H and O–H groups in total. The summed E-state index contributed by atoms with van der Waals surface area (Å²) in [7, 11) is 0. The first kappa shape index (κ1) is 20.3. The van der Waals surface area contributed by atoms with Gasteiger partial charge in [-0.15, -0.1) is 0 Å². The van der Waals surface area contributed by atoms with E-state index in [1.54, 1.807) is 12.1 Å². The molecule has 6 heteroatoms. The van der Waals surface area contributed by atoms with Crippen molar-refractivity contribution in [1.82, 2.24) is 4.57 Å². The molecule has 0 radical (unpaired) electrons. The van der Waals surface area contributed by atoms with Gasteiger partial charge < -0.3 is 14.6 Å². The zero-order chi connectivity index (χ0) is 21.0. The van der Waals surface area contributed by atoms with Crippen molar-refractivity contribution in [2.75, 3.05) is 5.32 Å². The maximum atomic E-state index is 13.7. The Morgan fingerprint density at radius 1 is 1.07 bits per heavy atom. The van der Waals surface area contributed by atoms with Crippen molar-refractivity contribution in [3.63, 3.8) is 0 Å². The lowest BCUT2D eigenvalue weighted by Crippen LogP contribution is -2.30. The highest BCUT2D eigenvalue weighted by atomic mass is 19.1. The van der Waals surface area contributed by atoms with Crippen LogP contribution in [-0.4, -0.2) is 22.5 Å². The molecular weight excluding hydrogens is 371 g/mol. The number of ether oxygens (including phenoxy) is 1. The van der Waals surface area contributed by atoms with Crippen LogP contribution in [0, 0.1) is 19.7 Å². The van der Waals surface area contributed by atoms with Crippen LogP contribution in [-0.2, 0) is 16.1 Å². The van der Waals surface area contributed by atoms with E-state index in [-0.39, 0.29) is 5.69 Å². The van der Waals surface area contributed by atoms with E-state index in [1.807, 2.05) is 48.7 Å². The Bertz CT molecular complexity index is 1030. The Labute approximate surface area is 169 Å². The van der Waals surface area contributed by atoms with Crippen LogP contribution in [0.1, 0.15) is 34.2 Å². The summed E-state index contributed by atoms with van der Waals surface area (Å²) in [5.41, 5.74) is 3.25. The molecule has 3 aromatic rings. The van der Waals surface area contributed by atoms with E-state index in [9.17, 15) is 14.0 Å². The number of aromatic nitrogens is 1. The number of amides is 1. The predicted molar refractivity (Wildman–Crippen MR) is 109 cm³/mol. The SMILES string of the molecule is Cc1cc(C(=O)OC(C)C(=O)Nc2ccccc2F)c(C)n1Cc1ccccc1. The largest absolute Gasteiger partial charge is 0.449 e. The van der Waals surface area contributed by atoms with Gasteiger partial charge in [0.15, 0.2) is 6.10 Å². The van der Waals surface area contributed by atoms with Crippen LogP contribution in [0.4, 0.5) is 10.1 Å². The monoisotopic (exact) mass is 394 g/mol. The van der Waals surface area contributed by atoms with Crippen LogP contribution in [0.3, 0.4) is 0 Å². The molecule has 1 heterocycles. The molecule has 150 valence electrons. The fourth-order valence-corrected chi connectivity index (χ4v) is 3.09. The molecule has 0 spiro atoms. The fourth-order valence-electron chi connectivity index (χ4n) is 3.09. The number of hydrogen-bond acceptors (Lipinski definition) is 3. The summed E-state index contributed by atoms with van der Waals surface area (Å²) in [6.45, 7) is 5.85. The van der Waals surface area contributed by atoms with Gasteiger partial charge in [-0.05, 0) is 44.5 Å². The topological polar surface area (TPSA) is 60.3 Å². The zero-order valence-electron chi connectivity index (χ0n) is 16.6. The summed E-state index contributed by atoms with van der Waals surface area (Å²) in [5.74, 6) is -1.74. The molecule has 1 atom stereocenters. The van der Waals surface area contributed by atoms with Gasteiger partial charge >= 0.3 is 5.97 Å². The molecule has 0 aliphatic carbocycles. The summed E-state index contributed by atoms with van der Waals surface area (Å²) in [6.07, 6.45) is -1.07. The normalized spacial score (nSPS) is 11.7. The molecule has 3 rings (SSSR count). The molecule has 0 aliphatic heterocycles. The van der Waals surface area contributed by atoms with Crippen LogP contribution < -0.4 is 5.32 Å². The smallest absolute Gasteiger partial charge is 0.340 e. The number of para-hydroxylation sites is 1. The number of hydrogen-bond donors (Lipinski definition) is 1. The van der Waals surface area contributed by atoms with Crippen molar-refractivity contribution >= 4 is 17.6 Å². The molecule has 1 amide bonds. The molecule has 0 saturated heterocycles. The Kier molecular flexibility index (Phi) is 6.12. The molecule has 29 heavy (non-hydrogen) atoms. The maximum Gasteiger partial charge on any atom is 0.340 e. The molecule has 0 bridgehead atoms. The zero-order valence-corrected chi connectivity index (χ0v) is 16.6. The van der Waals surface area contributed by atoms with Gasteiger partial charge in [0.25, 0.3) is 5.91 Å². The minimum absolute atomic E-state index is 0.0430. The van der Waals surface area contributed by atoms with E-state index in [4.69, 9.17) is 4.74 Å². The third-order valence-electron chi connectivity index (χ3n) is 4.76. The van der Waals surface area contributed by atoms with Crippen LogP contribution >= 0.6 is 0 Å².